The third kappa shape index (κ3) is 3.03. The first-order chi connectivity index (χ1) is 10.1. The van der Waals surface area contributed by atoms with Crippen molar-refractivity contribution in [3.63, 3.8) is 0 Å². The molecule has 1 saturated carbocycles. The molecule has 1 saturated heterocycles. The molecule has 2 heterocycles. The maximum atomic E-state index is 6.28. The van der Waals surface area contributed by atoms with Gasteiger partial charge >= 0.3 is 0 Å². The number of hydrogen-bond donors (Lipinski definition) is 1. The maximum Gasteiger partial charge on any atom is 0.117 e. The largest absolute Gasteiger partial charge is 0.468 e. The minimum Gasteiger partial charge on any atom is -0.468 e. The smallest absolute Gasteiger partial charge is 0.117 e. The highest BCUT2D eigenvalue weighted by atomic mass is 16.5. The van der Waals surface area contributed by atoms with Crippen molar-refractivity contribution < 1.29 is 9.15 Å². The number of rotatable bonds is 6. The molecule has 118 valence electrons. The van der Waals surface area contributed by atoms with Crippen molar-refractivity contribution in [3.8, 4) is 0 Å². The standard InChI is InChI=1S/C17H28N2O2/c1-3-16(2)12-17(13-18,8-10-21-16)19(14-6-7-14)11-15-5-4-9-20-15/h4-5,9,14H,3,6-8,10-13,18H2,1-2H3. The van der Waals surface area contributed by atoms with E-state index in [1.165, 1.54) is 12.8 Å². The second kappa shape index (κ2) is 5.75. The predicted octanol–water partition coefficient (Wildman–Crippen LogP) is 2.92. The van der Waals surface area contributed by atoms with E-state index in [9.17, 15) is 0 Å². The quantitative estimate of drug-likeness (QED) is 0.876. The first-order valence-corrected chi connectivity index (χ1v) is 8.24. The Labute approximate surface area is 127 Å². The fourth-order valence-electron chi connectivity index (χ4n) is 3.73. The lowest BCUT2D eigenvalue weighted by Crippen LogP contribution is -2.61. The summed E-state index contributed by atoms with van der Waals surface area (Å²) in [4.78, 5) is 2.61. The number of nitrogens with two attached hydrogens (primary N) is 1. The topological polar surface area (TPSA) is 51.6 Å². The van der Waals surface area contributed by atoms with E-state index in [1.807, 2.05) is 6.07 Å². The lowest BCUT2D eigenvalue weighted by molar-refractivity contribution is -0.133. The van der Waals surface area contributed by atoms with Gasteiger partial charge < -0.3 is 14.9 Å². The Kier molecular flexibility index (Phi) is 4.12. The minimum atomic E-state index is -0.0477. The Morgan fingerprint density at radius 3 is 2.81 bits per heavy atom. The van der Waals surface area contributed by atoms with E-state index in [4.69, 9.17) is 14.9 Å². The minimum absolute atomic E-state index is 0.0477. The second-order valence-corrected chi connectivity index (χ2v) is 6.95. The molecule has 2 aliphatic rings. The summed E-state index contributed by atoms with van der Waals surface area (Å²) in [6.45, 7) is 6.82. The van der Waals surface area contributed by atoms with Crippen molar-refractivity contribution in [2.24, 2.45) is 5.73 Å². The van der Waals surface area contributed by atoms with Gasteiger partial charge in [-0.05, 0) is 51.2 Å². The van der Waals surface area contributed by atoms with Crippen LogP contribution in [0.4, 0.5) is 0 Å². The van der Waals surface area contributed by atoms with Gasteiger partial charge in [-0.25, -0.2) is 0 Å². The Balaban J connectivity index is 1.84. The molecule has 0 bridgehead atoms. The summed E-state index contributed by atoms with van der Waals surface area (Å²) >= 11 is 0. The van der Waals surface area contributed by atoms with Crippen LogP contribution in [0.2, 0.25) is 0 Å². The fourth-order valence-corrected chi connectivity index (χ4v) is 3.73. The van der Waals surface area contributed by atoms with Crippen molar-refractivity contribution in [3.05, 3.63) is 24.2 Å². The number of ether oxygens (including phenoxy) is 1. The molecule has 1 aromatic rings. The van der Waals surface area contributed by atoms with Crippen molar-refractivity contribution in [2.75, 3.05) is 13.2 Å². The summed E-state index contributed by atoms with van der Waals surface area (Å²) in [6.07, 6.45) is 7.41. The van der Waals surface area contributed by atoms with Gasteiger partial charge in [-0.1, -0.05) is 6.92 Å². The molecule has 1 aliphatic carbocycles. The molecule has 4 heteroatoms. The van der Waals surface area contributed by atoms with Crippen molar-refractivity contribution in [1.82, 2.24) is 4.90 Å². The highest BCUT2D eigenvalue weighted by Gasteiger charge is 2.49. The highest BCUT2D eigenvalue weighted by molar-refractivity contribution is 5.08. The number of nitrogens with zero attached hydrogens (tertiary/aromatic N) is 1. The highest BCUT2D eigenvalue weighted by Crippen LogP contribution is 2.43. The van der Waals surface area contributed by atoms with Crippen molar-refractivity contribution in [2.45, 2.75) is 69.7 Å². The van der Waals surface area contributed by atoms with Gasteiger partial charge in [0.15, 0.2) is 0 Å². The zero-order chi connectivity index (χ0) is 14.9. The number of furan rings is 1. The summed E-state index contributed by atoms with van der Waals surface area (Å²) in [6, 6.07) is 4.70. The van der Waals surface area contributed by atoms with Crippen LogP contribution < -0.4 is 5.73 Å². The van der Waals surface area contributed by atoms with Gasteiger partial charge in [-0.2, -0.15) is 0 Å². The van der Waals surface area contributed by atoms with E-state index < -0.39 is 0 Å². The second-order valence-electron chi connectivity index (χ2n) is 6.95. The molecule has 2 unspecified atom stereocenters. The maximum absolute atomic E-state index is 6.28. The third-order valence-electron chi connectivity index (χ3n) is 5.35. The van der Waals surface area contributed by atoms with Crippen LogP contribution in [-0.4, -0.2) is 35.2 Å². The van der Waals surface area contributed by atoms with Crippen molar-refractivity contribution in [1.29, 1.82) is 0 Å². The summed E-state index contributed by atoms with van der Waals surface area (Å²) in [5, 5.41) is 0. The molecule has 0 aromatic carbocycles. The van der Waals surface area contributed by atoms with E-state index in [0.29, 0.717) is 12.6 Å². The summed E-state index contributed by atoms with van der Waals surface area (Å²) < 4.78 is 11.6. The molecule has 2 atom stereocenters. The van der Waals surface area contributed by atoms with Crippen LogP contribution in [0.5, 0.6) is 0 Å². The van der Waals surface area contributed by atoms with Crippen molar-refractivity contribution >= 4 is 0 Å². The van der Waals surface area contributed by atoms with E-state index >= 15 is 0 Å². The van der Waals surface area contributed by atoms with Crippen LogP contribution in [0.25, 0.3) is 0 Å². The van der Waals surface area contributed by atoms with Gasteiger partial charge in [0.1, 0.15) is 5.76 Å². The molecular weight excluding hydrogens is 264 g/mol. The van der Waals surface area contributed by atoms with Gasteiger partial charge in [-0.15, -0.1) is 0 Å². The first kappa shape index (κ1) is 15.1. The van der Waals surface area contributed by atoms with Crippen LogP contribution in [-0.2, 0) is 11.3 Å². The van der Waals surface area contributed by atoms with Crippen LogP contribution in [0.15, 0.2) is 22.8 Å². The number of hydrogen-bond acceptors (Lipinski definition) is 4. The van der Waals surface area contributed by atoms with Gasteiger partial charge in [0.25, 0.3) is 0 Å². The van der Waals surface area contributed by atoms with Crippen LogP contribution in [0, 0.1) is 0 Å². The zero-order valence-electron chi connectivity index (χ0n) is 13.3. The van der Waals surface area contributed by atoms with Crippen LogP contribution in [0.3, 0.4) is 0 Å². The molecule has 2 fully saturated rings. The Morgan fingerprint density at radius 1 is 1.43 bits per heavy atom. The molecule has 1 aromatic heterocycles. The van der Waals surface area contributed by atoms with Crippen LogP contribution >= 0.6 is 0 Å². The molecule has 0 amide bonds. The third-order valence-corrected chi connectivity index (χ3v) is 5.35. The Bertz CT molecular complexity index is 457. The van der Waals surface area contributed by atoms with Gasteiger partial charge in [0, 0.05) is 24.7 Å². The lowest BCUT2D eigenvalue weighted by atomic mass is 9.77. The Morgan fingerprint density at radius 2 is 2.24 bits per heavy atom. The molecule has 4 nitrogen and oxygen atoms in total. The average molecular weight is 292 g/mol. The van der Waals surface area contributed by atoms with E-state index in [0.717, 1.165) is 38.2 Å². The van der Waals surface area contributed by atoms with Gasteiger partial charge in [-0.3, -0.25) is 4.90 Å². The Hall–Kier alpha value is -0.840. The molecule has 1 aliphatic heterocycles. The summed E-state index contributed by atoms with van der Waals surface area (Å²) in [5.41, 5.74) is 6.29. The van der Waals surface area contributed by atoms with E-state index in [2.05, 4.69) is 24.8 Å². The molecule has 2 N–H and O–H groups in total. The average Bonchev–Trinajstić information content (AvgIpc) is 3.21. The summed E-state index contributed by atoms with van der Waals surface area (Å²) in [7, 11) is 0. The molecule has 3 rings (SSSR count). The molecule has 0 radical (unpaired) electrons. The fraction of sp³-hybridized carbons (Fsp3) is 0.765. The lowest BCUT2D eigenvalue weighted by Gasteiger charge is -2.51. The molecular formula is C17H28N2O2. The summed E-state index contributed by atoms with van der Waals surface area (Å²) in [5.74, 6) is 1.04. The first-order valence-electron chi connectivity index (χ1n) is 8.24. The van der Waals surface area contributed by atoms with E-state index in [-0.39, 0.29) is 11.1 Å². The normalized spacial score (nSPS) is 33.5. The zero-order valence-corrected chi connectivity index (χ0v) is 13.3. The van der Waals surface area contributed by atoms with Gasteiger partial charge in [0.05, 0.1) is 18.4 Å². The SMILES string of the molecule is CCC1(C)CC(CN)(N(Cc2ccco2)C2CC2)CCO1. The van der Waals surface area contributed by atoms with Crippen LogP contribution in [0.1, 0.15) is 51.7 Å². The van der Waals surface area contributed by atoms with E-state index in [1.54, 1.807) is 6.26 Å². The van der Waals surface area contributed by atoms with Gasteiger partial charge in [0.2, 0.25) is 0 Å². The predicted molar refractivity (Wildman–Crippen MR) is 82.9 cm³/mol. The molecule has 21 heavy (non-hydrogen) atoms. The monoisotopic (exact) mass is 292 g/mol. The molecule has 0 spiro atoms.